The average molecular weight is 234 g/mol. The van der Waals surface area contributed by atoms with Crippen molar-refractivity contribution in [3.8, 4) is 0 Å². The van der Waals surface area contributed by atoms with Gasteiger partial charge in [0.25, 0.3) is 0 Å². The maximum absolute atomic E-state index is 11.5. The van der Waals surface area contributed by atoms with E-state index in [1.54, 1.807) is 12.1 Å². The molecule has 0 unspecified atom stereocenters. The highest BCUT2D eigenvalue weighted by Gasteiger charge is 2.36. The van der Waals surface area contributed by atoms with Crippen LogP contribution < -0.4 is 11.1 Å². The number of benzene rings is 1. The van der Waals surface area contributed by atoms with Gasteiger partial charge in [0.15, 0.2) is 0 Å². The second-order valence-electron chi connectivity index (χ2n) is 4.96. The molecule has 4 nitrogen and oxygen atoms in total. The van der Waals surface area contributed by atoms with Gasteiger partial charge in [-0.1, -0.05) is 6.92 Å². The number of esters is 1. The van der Waals surface area contributed by atoms with Gasteiger partial charge in [-0.25, -0.2) is 4.79 Å². The van der Waals surface area contributed by atoms with Crippen molar-refractivity contribution >= 4 is 17.3 Å². The zero-order valence-electron chi connectivity index (χ0n) is 10.2. The predicted molar refractivity (Wildman–Crippen MR) is 68.0 cm³/mol. The molecule has 1 aliphatic rings. The molecule has 0 atom stereocenters. The molecule has 1 saturated carbocycles. The molecule has 3 N–H and O–H groups in total. The minimum atomic E-state index is -0.399. The lowest BCUT2D eigenvalue weighted by atomic mass is 10.1. The zero-order valence-corrected chi connectivity index (χ0v) is 10.2. The van der Waals surface area contributed by atoms with Gasteiger partial charge in [-0.15, -0.1) is 0 Å². The molecule has 0 amide bonds. The van der Waals surface area contributed by atoms with Crippen LogP contribution >= 0.6 is 0 Å². The molecule has 1 fully saturated rings. The third kappa shape index (κ3) is 2.70. The fourth-order valence-corrected chi connectivity index (χ4v) is 1.66. The van der Waals surface area contributed by atoms with Crippen molar-refractivity contribution in [1.29, 1.82) is 0 Å². The lowest BCUT2D eigenvalue weighted by molar-refractivity contribution is 0.0602. The van der Waals surface area contributed by atoms with Crippen molar-refractivity contribution in [2.24, 2.45) is 5.41 Å². The van der Waals surface area contributed by atoms with Crippen LogP contribution in [0.5, 0.6) is 0 Å². The van der Waals surface area contributed by atoms with Gasteiger partial charge in [0.05, 0.1) is 12.7 Å². The number of hydrogen-bond acceptors (Lipinski definition) is 4. The van der Waals surface area contributed by atoms with E-state index in [1.165, 1.54) is 20.0 Å². The van der Waals surface area contributed by atoms with Crippen LogP contribution in [0.1, 0.15) is 30.1 Å². The van der Waals surface area contributed by atoms with Crippen molar-refractivity contribution in [2.75, 3.05) is 24.7 Å². The third-order valence-corrected chi connectivity index (χ3v) is 3.28. The Hall–Kier alpha value is -1.71. The van der Waals surface area contributed by atoms with E-state index in [0.29, 0.717) is 16.7 Å². The molecule has 92 valence electrons. The summed E-state index contributed by atoms with van der Waals surface area (Å²) in [6, 6.07) is 5.35. The summed E-state index contributed by atoms with van der Waals surface area (Å²) in [5, 5.41) is 3.33. The van der Waals surface area contributed by atoms with E-state index < -0.39 is 5.97 Å². The quantitative estimate of drug-likeness (QED) is 0.619. The fourth-order valence-electron chi connectivity index (χ4n) is 1.66. The Kier molecular flexibility index (Phi) is 2.96. The summed E-state index contributed by atoms with van der Waals surface area (Å²) in [7, 11) is 1.35. The number of carbonyl (C=O) groups excluding carboxylic acids is 1. The summed E-state index contributed by atoms with van der Waals surface area (Å²) >= 11 is 0. The van der Waals surface area contributed by atoms with Gasteiger partial charge in [0, 0.05) is 17.9 Å². The summed E-state index contributed by atoms with van der Waals surface area (Å²) < 4.78 is 4.68. The lowest BCUT2D eigenvalue weighted by Crippen LogP contribution is -2.13. The van der Waals surface area contributed by atoms with E-state index in [-0.39, 0.29) is 0 Å². The highest BCUT2D eigenvalue weighted by Crippen LogP contribution is 2.44. The number of ether oxygens (including phenoxy) is 1. The van der Waals surface area contributed by atoms with Crippen LogP contribution in [0, 0.1) is 5.41 Å². The van der Waals surface area contributed by atoms with Gasteiger partial charge < -0.3 is 15.8 Å². The largest absolute Gasteiger partial charge is 0.465 e. The van der Waals surface area contributed by atoms with E-state index in [0.717, 1.165) is 12.2 Å². The number of nitrogen functional groups attached to an aromatic ring is 1. The Morgan fingerprint density at radius 2 is 2.24 bits per heavy atom. The zero-order chi connectivity index (χ0) is 12.5. The lowest BCUT2D eigenvalue weighted by Gasteiger charge is -2.13. The molecular weight excluding hydrogens is 216 g/mol. The maximum Gasteiger partial charge on any atom is 0.340 e. The third-order valence-electron chi connectivity index (χ3n) is 3.28. The van der Waals surface area contributed by atoms with Gasteiger partial charge >= 0.3 is 5.97 Å². The van der Waals surface area contributed by atoms with Crippen LogP contribution in [0.25, 0.3) is 0 Å². The second-order valence-corrected chi connectivity index (χ2v) is 4.96. The summed E-state index contributed by atoms with van der Waals surface area (Å²) in [4.78, 5) is 11.5. The van der Waals surface area contributed by atoms with E-state index in [1.807, 2.05) is 6.07 Å². The van der Waals surface area contributed by atoms with E-state index in [9.17, 15) is 4.79 Å². The van der Waals surface area contributed by atoms with Crippen molar-refractivity contribution in [1.82, 2.24) is 0 Å². The van der Waals surface area contributed by atoms with Gasteiger partial charge in [0.2, 0.25) is 0 Å². The smallest absolute Gasteiger partial charge is 0.340 e. The van der Waals surface area contributed by atoms with Crippen LogP contribution in [0.2, 0.25) is 0 Å². The monoisotopic (exact) mass is 234 g/mol. The Balaban J connectivity index is 2.10. The van der Waals surface area contributed by atoms with Gasteiger partial charge in [-0.3, -0.25) is 0 Å². The standard InChI is InChI=1S/C13H18N2O2/c1-13(5-6-13)8-15-9-3-4-11(14)10(7-9)12(16)17-2/h3-4,7,15H,5-6,8,14H2,1-2H3. The molecule has 0 radical (unpaired) electrons. The molecule has 17 heavy (non-hydrogen) atoms. The fraction of sp³-hybridized carbons (Fsp3) is 0.462. The normalized spacial score (nSPS) is 16.4. The van der Waals surface area contributed by atoms with Crippen LogP contribution in [0.4, 0.5) is 11.4 Å². The van der Waals surface area contributed by atoms with Crippen molar-refractivity contribution in [3.05, 3.63) is 23.8 Å². The minimum Gasteiger partial charge on any atom is -0.465 e. The second kappa shape index (κ2) is 4.28. The summed E-state index contributed by atoms with van der Waals surface area (Å²) in [5.74, 6) is -0.399. The molecule has 1 aliphatic carbocycles. The van der Waals surface area contributed by atoms with Gasteiger partial charge in [-0.05, 0) is 36.5 Å². The van der Waals surface area contributed by atoms with Crippen molar-refractivity contribution < 1.29 is 9.53 Å². The van der Waals surface area contributed by atoms with Crippen molar-refractivity contribution in [2.45, 2.75) is 19.8 Å². The number of methoxy groups -OCH3 is 1. The number of nitrogens with one attached hydrogen (secondary N) is 1. The predicted octanol–water partition coefficient (Wildman–Crippen LogP) is 2.27. The Morgan fingerprint density at radius 3 is 2.82 bits per heavy atom. The summed E-state index contributed by atoms with van der Waals surface area (Å²) in [5.41, 5.74) is 7.92. The Morgan fingerprint density at radius 1 is 1.53 bits per heavy atom. The number of anilines is 2. The molecule has 0 bridgehead atoms. The number of nitrogens with two attached hydrogens (primary N) is 1. The molecule has 2 rings (SSSR count). The molecule has 0 aromatic heterocycles. The van der Waals surface area contributed by atoms with E-state index in [4.69, 9.17) is 5.73 Å². The average Bonchev–Trinajstić information content (AvgIpc) is 3.06. The minimum absolute atomic E-state index is 0.399. The molecule has 0 heterocycles. The molecular formula is C13H18N2O2. The molecule has 4 heteroatoms. The highest BCUT2D eigenvalue weighted by atomic mass is 16.5. The molecule has 0 spiro atoms. The Bertz CT molecular complexity index is 439. The first-order chi connectivity index (χ1) is 8.04. The van der Waals surface area contributed by atoms with E-state index >= 15 is 0 Å². The summed E-state index contributed by atoms with van der Waals surface area (Å²) in [6.07, 6.45) is 2.53. The molecule has 0 aliphatic heterocycles. The topological polar surface area (TPSA) is 64.3 Å². The van der Waals surface area contributed by atoms with E-state index in [2.05, 4.69) is 17.0 Å². The van der Waals surface area contributed by atoms with Gasteiger partial charge in [-0.2, -0.15) is 0 Å². The van der Waals surface area contributed by atoms with Gasteiger partial charge in [0.1, 0.15) is 0 Å². The maximum atomic E-state index is 11.5. The number of rotatable bonds is 4. The first kappa shape index (κ1) is 11.8. The SMILES string of the molecule is COC(=O)c1cc(NCC2(C)CC2)ccc1N. The first-order valence-electron chi connectivity index (χ1n) is 5.76. The molecule has 0 saturated heterocycles. The molecule has 1 aromatic rings. The first-order valence-corrected chi connectivity index (χ1v) is 5.76. The number of carbonyl (C=O) groups is 1. The molecule has 1 aromatic carbocycles. The number of hydrogen-bond donors (Lipinski definition) is 2. The highest BCUT2D eigenvalue weighted by molar-refractivity contribution is 5.96. The summed E-state index contributed by atoms with van der Waals surface area (Å²) in [6.45, 7) is 3.18. The Labute approximate surface area is 101 Å². The van der Waals surface area contributed by atoms with Crippen LogP contribution in [0.3, 0.4) is 0 Å². The van der Waals surface area contributed by atoms with Crippen LogP contribution in [-0.4, -0.2) is 19.6 Å². The van der Waals surface area contributed by atoms with Crippen LogP contribution in [-0.2, 0) is 4.74 Å². The van der Waals surface area contributed by atoms with Crippen molar-refractivity contribution in [3.63, 3.8) is 0 Å². The van der Waals surface area contributed by atoms with Crippen LogP contribution in [0.15, 0.2) is 18.2 Å².